The van der Waals surface area contributed by atoms with Gasteiger partial charge in [0.05, 0.1) is 23.5 Å². The van der Waals surface area contributed by atoms with Gasteiger partial charge in [-0.05, 0) is 57.1 Å². The highest BCUT2D eigenvalue weighted by molar-refractivity contribution is 7.90. The van der Waals surface area contributed by atoms with Crippen LogP contribution in [-0.4, -0.2) is 70.2 Å². The van der Waals surface area contributed by atoms with E-state index in [1.54, 1.807) is 39.2 Å². The molecule has 0 bridgehead atoms. The highest BCUT2D eigenvalue weighted by Crippen LogP contribution is 2.20. The summed E-state index contributed by atoms with van der Waals surface area (Å²) in [6.45, 7) is 8.57. The van der Waals surface area contributed by atoms with Crippen LogP contribution in [0.3, 0.4) is 0 Å². The van der Waals surface area contributed by atoms with Crippen LogP contribution in [0.25, 0.3) is 0 Å². The second-order valence-corrected chi connectivity index (χ2v) is 11.5. The van der Waals surface area contributed by atoms with Crippen LogP contribution in [0.4, 0.5) is 0 Å². The second kappa shape index (κ2) is 17.1. The van der Waals surface area contributed by atoms with E-state index in [4.69, 9.17) is 15.2 Å². The molecular weight excluding hydrogens is 494 g/mol. The molecule has 1 aromatic carbocycles. The van der Waals surface area contributed by atoms with Crippen LogP contribution < -0.4 is 20.5 Å². The molecule has 0 aliphatic heterocycles. The van der Waals surface area contributed by atoms with E-state index in [1.807, 2.05) is 19.9 Å². The van der Waals surface area contributed by atoms with Crippen molar-refractivity contribution in [2.45, 2.75) is 64.4 Å². The molecule has 1 aromatic rings. The molecule has 3 atom stereocenters. The molecule has 0 aliphatic rings. The Hall–Kier alpha value is -1.43. The first-order chi connectivity index (χ1) is 16.0. The maximum Gasteiger partial charge on any atom is 0.255 e. The molecule has 0 heterocycles. The molecule has 35 heavy (non-hydrogen) atoms. The Morgan fingerprint density at radius 1 is 1.09 bits per heavy atom. The Morgan fingerprint density at radius 3 is 2.31 bits per heavy atom. The number of methoxy groups -OCH3 is 1. The normalized spacial score (nSPS) is 14.3. The number of sulfonamides is 1. The average Bonchev–Trinajstić information content (AvgIpc) is 2.79. The van der Waals surface area contributed by atoms with E-state index in [0.29, 0.717) is 37.5 Å². The van der Waals surface area contributed by atoms with Crippen LogP contribution in [0.1, 0.15) is 57.3 Å². The SMILES string of the molecule is COCCCCOc1ccccc1C(=O)NC[C@@H](C[C@H](N)[C@@H](O)CNS(=O)(=O)C(C)C)C(C)C.Cl. The largest absolute Gasteiger partial charge is 0.493 e. The number of hydrogen-bond acceptors (Lipinski definition) is 7. The topological polar surface area (TPSA) is 140 Å². The number of amides is 1. The van der Waals surface area contributed by atoms with Gasteiger partial charge in [0.2, 0.25) is 10.0 Å². The van der Waals surface area contributed by atoms with Crippen LogP contribution >= 0.6 is 12.4 Å². The lowest BCUT2D eigenvalue weighted by Crippen LogP contribution is -2.46. The van der Waals surface area contributed by atoms with Crippen LogP contribution in [0.5, 0.6) is 5.75 Å². The van der Waals surface area contributed by atoms with E-state index in [-0.39, 0.29) is 36.7 Å². The predicted molar refractivity (Wildman–Crippen MR) is 142 cm³/mol. The van der Waals surface area contributed by atoms with Crippen molar-refractivity contribution in [3.8, 4) is 5.75 Å². The summed E-state index contributed by atoms with van der Waals surface area (Å²) in [6, 6.07) is 6.47. The number of halogens is 1. The van der Waals surface area contributed by atoms with Gasteiger partial charge >= 0.3 is 0 Å². The van der Waals surface area contributed by atoms with E-state index in [2.05, 4.69) is 10.0 Å². The second-order valence-electron chi connectivity index (χ2n) is 9.17. The van der Waals surface area contributed by atoms with Gasteiger partial charge in [0.15, 0.2) is 0 Å². The molecule has 0 saturated heterocycles. The molecule has 204 valence electrons. The van der Waals surface area contributed by atoms with E-state index < -0.39 is 27.4 Å². The van der Waals surface area contributed by atoms with E-state index in [9.17, 15) is 18.3 Å². The maximum absolute atomic E-state index is 12.9. The first-order valence-corrected chi connectivity index (χ1v) is 13.4. The number of hydrogen-bond donors (Lipinski definition) is 4. The van der Waals surface area contributed by atoms with Gasteiger partial charge in [0.1, 0.15) is 5.75 Å². The first kappa shape index (κ1) is 33.6. The Balaban J connectivity index is 0.0000116. The van der Waals surface area contributed by atoms with Crippen LogP contribution in [0.15, 0.2) is 24.3 Å². The summed E-state index contributed by atoms with van der Waals surface area (Å²) in [7, 11) is -1.82. The summed E-state index contributed by atoms with van der Waals surface area (Å²) in [5.74, 6) is 0.482. The summed E-state index contributed by atoms with van der Waals surface area (Å²) in [4.78, 5) is 12.9. The number of rotatable bonds is 17. The Bertz CT molecular complexity index is 838. The van der Waals surface area contributed by atoms with Crippen molar-refractivity contribution in [2.75, 3.05) is 33.4 Å². The van der Waals surface area contributed by atoms with Crippen molar-refractivity contribution in [3.05, 3.63) is 29.8 Å². The smallest absolute Gasteiger partial charge is 0.255 e. The fourth-order valence-electron chi connectivity index (χ4n) is 3.25. The third kappa shape index (κ3) is 12.4. The molecule has 0 saturated carbocycles. The molecule has 0 unspecified atom stereocenters. The number of carbonyl (C=O) groups excluding carboxylic acids is 1. The highest BCUT2D eigenvalue weighted by atomic mass is 35.5. The Labute approximate surface area is 217 Å². The summed E-state index contributed by atoms with van der Waals surface area (Å²) in [6.07, 6.45) is 1.11. The number of para-hydroxylation sites is 1. The molecule has 1 amide bonds. The van der Waals surface area contributed by atoms with Crippen molar-refractivity contribution >= 4 is 28.3 Å². The number of aliphatic hydroxyl groups excluding tert-OH is 1. The first-order valence-electron chi connectivity index (χ1n) is 11.9. The number of benzene rings is 1. The van der Waals surface area contributed by atoms with Gasteiger partial charge in [-0.1, -0.05) is 26.0 Å². The van der Waals surface area contributed by atoms with Crippen LogP contribution in [0, 0.1) is 11.8 Å². The minimum atomic E-state index is -3.48. The maximum atomic E-state index is 12.9. The fraction of sp³-hybridized carbons (Fsp3) is 0.708. The third-order valence-electron chi connectivity index (χ3n) is 5.78. The van der Waals surface area contributed by atoms with Gasteiger partial charge in [0, 0.05) is 32.8 Å². The number of aliphatic hydroxyl groups is 1. The van der Waals surface area contributed by atoms with E-state index in [1.165, 1.54) is 0 Å². The third-order valence-corrected chi connectivity index (χ3v) is 7.59. The van der Waals surface area contributed by atoms with Crippen molar-refractivity contribution in [3.63, 3.8) is 0 Å². The molecule has 0 aliphatic carbocycles. The number of ether oxygens (including phenoxy) is 2. The fourth-order valence-corrected chi connectivity index (χ4v) is 3.98. The van der Waals surface area contributed by atoms with E-state index >= 15 is 0 Å². The molecule has 0 aromatic heterocycles. The molecule has 1 rings (SSSR count). The highest BCUT2D eigenvalue weighted by Gasteiger charge is 2.25. The summed E-state index contributed by atoms with van der Waals surface area (Å²) in [5, 5.41) is 12.7. The average molecular weight is 538 g/mol. The lowest BCUT2D eigenvalue weighted by Gasteiger charge is -2.27. The number of unbranched alkanes of at least 4 members (excludes halogenated alkanes) is 1. The van der Waals surface area contributed by atoms with Crippen molar-refractivity contribution in [1.82, 2.24) is 10.0 Å². The molecule has 5 N–H and O–H groups in total. The zero-order chi connectivity index (χ0) is 25.7. The molecule has 11 heteroatoms. The summed E-state index contributed by atoms with van der Waals surface area (Å²) in [5.41, 5.74) is 6.63. The summed E-state index contributed by atoms with van der Waals surface area (Å²) >= 11 is 0. The minimum absolute atomic E-state index is 0. The zero-order valence-electron chi connectivity index (χ0n) is 21.5. The molecule has 0 fully saturated rings. The molecular formula is C24H44ClN3O6S. The van der Waals surface area contributed by atoms with Gasteiger partial charge < -0.3 is 25.6 Å². The number of nitrogens with two attached hydrogens (primary N) is 1. The zero-order valence-corrected chi connectivity index (χ0v) is 23.2. The van der Waals surface area contributed by atoms with E-state index in [0.717, 1.165) is 12.8 Å². The van der Waals surface area contributed by atoms with Gasteiger partial charge in [0.25, 0.3) is 5.91 Å². The Morgan fingerprint density at radius 2 is 1.71 bits per heavy atom. The van der Waals surface area contributed by atoms with Crippen molar-refractivity contribution < 1.29 is 27.8 Å². The standard InChI is InChI=1S/C24H43N3O6S.ClH/c1-17(2)19(14-21(25)22(28)16-27-34(30,31)18(3)4)15-26-24(29)20-10-6-7-11-23(20)33-13-9-8-12-32-5;/h6-7,10-11,17-19,21-22,27-28H,8-9,12-16,25H2,1-5H3,(H,26,29);1H/t19-,21+,22+;/m1./s1. The number of carbonyl (C=O) groups is 1. The number of nitrogens with one attached hydrogen (secondary N) is 2. The van der Waals surface area contributed by atoms with Crippen LogP contribution in [0.2, 0.25) is 0 Å². The monoisotopic (exact) mass is 537 g/mol. The quantitative estimate of drug-likeness (QED) is 0.223. The van der Waals surface area contributed by atoms with Gasteiger partial charge in [-0.3, -0.25) is 4.79 Å². The van der Waals surface area contributed by atoms with Gasteiger partial charge in [-0.15, -0.1) is 12.4 Å². The Kier molecular flexibility index (Phi) is 16.4. The minimum Gasteiger partial charge on any atom is -0.493 e. The molecule has 9 nitrogen and oxygen atoms in total. The van der Waals surface area contributed by atoms with Gasteiger partial charge in [-0.2, -0.15) is 0 Å². The lowest BCUT2D eigenvalue weighted by molar-refractivity contribution is 0.0928. The van der Waals surface area contributed by atoms with Crippen molar-refractivity contribution in [2.24, 2.45) is 17.6 Å². The van der Waals surface area contributed by atoms with Crippen LogP contribution in [-0.2, 0) is 14.8 Å². The lowest BCUT2D eigenvalue weighted by atomic mass is 9.87. The molecule has 0 radical (unpaired) electrons. The predicted octanol–water partition coefficient (Wildman–Crippen LogP) is 2.32. The summed E-state index contributed by atoms with van der Waals surface area (Å²) < 4.78 is 37.1. The molecule has 0 spiro atoms. The van der Waals surface area contributed by atoms with Gasteiger partial charge in [-0.25, -0.2) is 13.1 Å². The van der Waals surface area contributed by atoms with Crippen molar-refractivity contribution in [1.29, 1.82) is 0 Å².